The van der Waals surface area contributed by atoms with E-state index < -0.39 is 0 Å². The van der Waals surface area contributed by atoms with E-state index in [4.69, 9.17) is 0 Å². The van der Waals surface area contributed by atoms with Crippen LogP contribution >= 0.6 is 0 Å². The summed E-state index contributed by atoms with van der Waals surface area (Å²) in [5.41, 5.74) is -0.0171. The number of rotatable bonds is 6. The van der Waals surface area contributed by atoms with E-state index in [1.165, 1.54) is 0 Å². The number of anilines is 1. The van der Waals surface area contributed by atoms with Gasteiger partial charge in [0.15, 0.2) is 5.82 Å². The van der Waals surface area contributed by atoms with E-state index in [0.717, 1.165) is 38.9 Å². The Morgan fingerprint density at radius 3 is 2.79 bits per heavy atom. The molecule has 1 aliphatic heterocycles. The van der Waals surface area contributed by atoms with Crippen LogP contribution in [0.4, 0.5) is 5.82 Å². The van der Waals surface area contributed by atoms with Crippen LogP contribution in [-0.4, -0.2) is 44.5 Å². The molecule has 0 aromatic carbocycles. The van der Waals surface area contributed by atoms with Crippen LogP contribution in [0.3, 0.4) is 0 Å². The summed E-state index contributed by atoms with van der Waals surface area (Å²) in [6.45, 7) is 4.90. The minimum Gasteiger partial charge on any atom is -0.352 e. The van der Waals surface area contributed by atoms with Crippen molar-refractivity contribution in [2.24, 2.45) is 7.05 Å². The van der Waals surface area contributed by atoms with E-state index in [1.807, 2.05) is 23.1 Å². The summed E-state index contributed by atoms with van der Waals surface area (Å²) in [5.74, 6) is 0.574. The fraction of sp³-hybridized carbons (Fsp3) is 0.588. The molecule has 0 spiro atoms. The van der Waals surface area contributed by atoms with Gasteiger partial charge in [0.1, 0.15) is 0 Å². The van der Waals surface area contributed by atoms with Crippen molar-refractivity contribution in [2.45, 2.75) is 44.8 Å². The highest BCUT2D eigenvalue weighted by Gasteiger charge is 2.23. The molecular formula is C17H26N6O. The maximum atomic E-state index is 12.2. The van der Waals surface area contributed by atoms with E-state index in [2.05, 4.69) is 27.2 Å². The molecule has 2 aromatic heterocycles. The van der Waals surface area contributed by atoms with E-state index >= 15 is 0 Å². The largest absolute Gasteiger partial charge is 0.352 e. The maximum absolute atomic E-state index is 12.2. The molecule has 0 radical (unpaired) electrons. The van der Waals surface area contributed by atoms with Crippen LogP contribution in [0.15, 0.2) is 35.6 Å². The lowest BCUT2D eigenvalue weighted by molar-refractivity contribution is 0.353. The van der Waals surface area contributed by atoms with Gasteiger partial charge in [0.05, 0.1) is 0 Å². The topological polar surface area (TPSA) is 68.0 Å². The molecule has 2 aromatic rings. The fourth-order valence-corrected chi connectivity index (χ4v) is 3.20. The zero-order chi connectivity index (χ0) is 16.9. The number of nitrogens with zero attached hydrogens (tertiary/aromatic N) is 5. The maximum Gasteiger partial charge on any atom is 0.293 e. The zero-order valence-corrected chi connectivity index (χ0v) is 14.4. The number of hydrogen-bond acceptors (Lipinski definition) is 5. The van der Waals surface area contributed by atoms with Crippen molar-refractivity contribution >= 4 is 5.82 Å². The van der Waals surface area contributed by atoms with Crippen molar-refractivity contribution in [1.82, 2.24) is 24.6 Å². The zero-order valence-electron chi connectivity index (χ0n) is 14.4. The second-order valence-electron chi connectivity index (χ2n) is 6.55. The van der Waals surface area contributed by atoms with Gasteiger partial charge in [-0.05, 0) is 32.3 Å². The lowest BCUT2D eigenvalue weighted by Crippen LogP contribution is -2.47. The van der Waals surface area contributed by atoms with Crippen molar-refractivity contribution in [3.05, 3.63) is 41.2 Å². The first-order valence-electron chi connectivity index (χ1n) is 8.63. The van der Waals surface area contributed by atoms with Gasteiger partial charge in [0, 0.05) is 63.6 Å². The van der Waals surface area contributed by atoms with Crippen molar-refractivity contribution in [1.29, 1.82) is 0 Å². The van der Waals surface area contributed by atoms with Crippen LogP contribution in [0.25, 0.3) is 0 Å². The third kappa shape index (κ3) is 4.03. The second-order valence-corrected chi connectivity index (χ2v) is 6.55. The highest BCUT2D eigenvalue weighted by Crippen LogP contribution is 2.15. The Morgan fingerprint density at radius 1 is 1.29 bits per heavy atom. The molecule has 1 aliphatic rings. The SMILES string of the molecule is C[C@H](CCn1cccn1)NC1CCN(c2nccn(C)c2=O)CC1. The van der Waals surface area contributed by atoms with E-state index in [1.54, 1.807) is 24.0 Å². The predicted octanol–water partition coefficient (Wildman–Crippen LogP) is 1.01. The molecule has 0 unspecified atom stereocenters. The first-order chi connectivity index (χ1) is 11.6. The third-order valence-electron chi connectivity index (χ3n) is 4.66. The average Bonchev–Trinajstić information content (AvgIpc) is 3.10. The summed E-state index contributed by atoms with van der Waals surface area (Å²) < 4.78 is 3.56. The Kier molecular flexibility index (Phi) is 5.30. The van der Waals surface area contributed by atoms with Gasteiger partial charge in [0.2, 0.25) is 0 Å². The molecular weight excluding hydrogens is 304 g/mol. The van der Waals surface area contributed by atoms with Gasteiger partial charge < -0.3 is 14.8 Å². The summed E-state index contributed by atoms with van der Waals surface area (Å²) in [5, 5.41) is 7.95. The summed E-state index contributed by atoms with van der Waals surface area (Å²) >= 11 is 0. The molecule has 0 saturated carbocycles. The lowest BCUT2D eigenvalue weighted by Gasteiger charge is -2.34. The Hall–Kier alpha value is -2.15. The summed E-state index contributed by atoms with van der Waals surface area (Å²) in [4.78, 5) is 18.5. The molecule has 130 valence electrons. The smallest absolute Gasteiger partial charge is 0.293 e. The highest BCUT2D eigenvalue weighted by molar-refractivity contribution is 5.36. The first kappa shape index (κ1) is 16.7. The Balaban J connectivity index is 1.46. The van der Waals surface area contributed by atoms with Gasteiger partial charge in [0.25, 0.3) is 5.56 Å². The normalized spacial score (nSPS) is 17.2. The molecule has 1 N–H and O–H groups in total. The molecule has 7 heteroatoms. The van der Waals surface area contributed by atoms with Crippen LogP contribution in [0.1, 0.15) is 26.2 Å². The van der Waals surface area contributed by atoms with Gasteiger partial charge >= 0.3 is 0 Å². The summed E-state index contributed by atoms with van der Waals surface area (Å²) in [6, 6.07) is 2.91. The molecule has 1 atom stereocenters. The highest BCUT2D eigenvalue weighted by atomic mass is 16.1. The van der Waals surface area contributed by atoms with Gasteiger partial charge in [-0.2, -0.15) is 5.10 Å². The van der Waals surface area contributed by atoms with Crippen molar-refractivity contribution in [2.75, 3.05) is 18.0 Å². The van der Waals surface area contributed by atoms with Gasteiger partial charge in [-0.25, -0.2) is 4.98 Å². The molecule has 24 heavy (non-hydrogen) atoms. The van der Waals surface area contributed by atoms with Crippen molar-refractivity contribution < 1.29 is 0 Å². The predicted molar refractivity (Wildman–Crippen MR) is 94.2 cm³/mol. The van der Waals surface area contributed by atoms with E-state index in [9.17, 15) is 4.79 Å². The van der Waals surface area contributed by atoms with E-state index in [-0.39, 0.29) is 5.56 Å². The molecule has 7 nitrogen and oxygen atoms in total. The number of hydrogen-bond donors (Lipinski definition) is 1. The molecule has 1 fully saturated rings. The van der Waals surface area contributed by atoms with Crippen molar-refractivity contribution in [3.63, 3.8) is 0 Å². The summed E-state index contributed by atoms with van der Waals surface area (Å²) in [6.07, 6.45) is 10.3. The minimum absolute atomic E-state index is 0.0171. The lowest BCUT2D eigenvalue weighted by atomic mass is 10.0. The molecule has 0 aliphatic carbocycles. The first-order valence-corrected chi connectivity index (χ1v) is 8.63. The summed E-state index contributed by atoms with van der Waals surface area (Å²) in [7, 11) is 1.77. The molecule has 0 bridgehead atoms. The van der Waals surface area contributed by atoms with Crippen LogP contribution < -0.4 is 15.8 Å². The number of nitrogens with one attached hydrogen (secondary N) is 1. The van der Waals surface area contributed by atoms with Gasteiger partial charge in [-0.3, -0.25) is 9.48 Å². The fourth-order valence-electron chi connectivity index (χ4n) is 3.20. The molecule has 3 rings (SSSR count). The number of piperidine rings is 1. The van der Waals surface area contributed by atoms with Gasteiger partial charge in [-0.1, -0.05) is 0 Å². The van der Waals surface area contributed by atoms with Crippen LogP contribution in [0.2, 0.25) is 0 Å². The monoisotopic (exact) mass is 330 g/mol. The Bertz CT molecular complexity index is 687. The van der Waals surface area contributed by atoms with Gasteiger partial charge in [-0.15, -0.1) is 0 Å². The third-order valence-corrected chi connectivity index (χ3v) is 4.66. The second kappa shape index (κ2) is 7.61. The standard InChI is InChI=1S/C17H26N6O/c1-14(4-12-23-9-3-7-19-23)20-15-5-10-22(11-6-15)16-17(24)21(2)13-8-18-16/h3,7-9,13-15,20H,4-6,10-12H2,1-2H3/t14-/m1/s1. The number of aryl methyl sites for hydroxylation is 2. The average molecular weight is 330 g/mol. The molecule has 1 saturated heterocycles. The number of aromatic nitrogens is 4. The van der Waals surface area contributed by atoms with Crippen molar-refractivity contribution in [3.8, 4) is 0 Å². The minimum atomic E-state index is -0.0171. The van der Waals surface area contributed by atoms with Crippen LogP contribution in [0.5, 0.6) is 0 Å². The molecule has 3 heterocycles. The van der Waals surface area contributed by atoms with Crippen LogP contribution in [-0.2, 0) is 13.6 Å². The van der Waals surface area contributed by atoms with Crippen LogP contribution in [0, 0.1) is 0 Å². The Morgan fingerprint density at radius 2 is 2.08 bits per heavy atom. The Labute approximate surface area is 142 Å². The quantitative estimate of drug-likeness (QED) is 0.856. The van der Waals surface area contributed by atoms with E-state index in [0.29, 0.717) is 17.9 Å². The molecule has 0 amide bonds.